The fourth-order valence-corrected chi connectivity index (χ4v) is 1.91. The van der Waals surface area contributed by atoms with Gasteiger partial charge in [0.1, 0.15) is 5.75 Å². The van der Waals surface area contributed by atoms with Crippen LogP contribution in [0.15, 0.2) is 24.3 Å². The van der Waals surface area contributed by atoms with E-state index in [0.717, 1.165) is 11.3 Å². The highest BCUT2D eigenvalue weighted by molar-refractivity contribution is 6.32. The summed E-state index contributed by atoms with van der Waals surface area (Å²) in [5, 5.41) is 4.76. The molecule has 0 bridgehead atoms. The highest BCUT2D eigenvalue weighted by Crippen LogP contribution is 2.31. The first kappa shape index (κ1) is 12.9. The van der Waals surface area contributed by atoms with E-state index in [4.69, 9.17) is 22.1 Å². The third-order valence-electron chi connectivity index (χ3n) is 2.66. The molecule has 1 atom stereocenters. The zero-order chi connectivity index (χ0) is 13.3. The maximum absolute atomic E-state index is 6.17. The molecule has 0 aliphatic rings. The zero-order valence-corrected chi connectivity index (χ0v) is 11.4. The maximum atomic E-state index is 6.17. The quantitative estimate of drug-likeness (QED) is 0.927. The summed E-state index contributed by atoms with van der Waals surface area (Å²) in [6, 6.07) is 7.37. The normalized spacial score (nSPS) is 12.5. The molecule has 0 saturated heterocycles. The van der Waals surface area contributed by atoms with E-state index in [2.05, 4.69) is 5.10 Å². The van der Waals surface area contributed by atoms with Gasteiger partial charge in [-0.1, -0.05) is 17.7 Å². The minimum atomic E-state index is -0.0458. The molecule has 0 aliphatic carbocycles. The Morgan fingerprint density at radius 1 is 1.39 bits per heavy atom. The van der Waals surface area contributed by atoms with Gasteiger partial charge < -0.3 is 10.5 Å². The van der Waals surface area contributed by atoms with Gasteiger partial charge in [0, 0.05) is 19.2 Å². The first-order chi connectivity index (χ1) is 8.47. The van der Waals surface area contributed by atoms with Crippen molar-refractivity contribution in [1.29, 1.82) is 0 Å². The Hall–Kier alpha value is -1.52. The summed E-state index contributed by atoms with van der Waals surface area (Å²) in [6.45, 7) is 3.82. The van der Waals surface area contributed by atoms with Gasteiger partial charge in [-0.3, -0.25) is 0 Å². The molecular weight excluding hydrogens is 250 g/mol. The van der Waals surface area contributed by atoms with Crippen LogP contribution in [0.3, 0.4) is 0 Å². The number of aryl methyl sites for hydroxylation is 2. The predicted octanol–water partition coefficient (Wildman–Crippen LogP) is 3.19. The van der Waals surface area contributed by atoms with E-state index in [0.29, 0.717) is 16.7 Å². The van der Waals surface area contributed by atoms with Gasteiger partial charge in [0.15, 0.2) is 0 Å². The molecule has 1 aromatic carbocycles. The molecule has 4 nitrogen and oxygen atoms in total. The Morgan fingerprint density at radius 2 is 2.11 bits per heavy atom. The van der Waals surface area contributed by atoms with Crippen molar-refractivity contribution >= 4 is 11.6 Å². The van der Waals surface area contributed by atoms with Gasteiger partial charge in [-0.05, 0) is 31.5 Å². The van der Waals surface area contributed by atoms with Crippen molar-refractivity contribution in [3.05, 3.63) is 40.5 Å². The fourth-order valence-electron chi connectivity index (χ4n) is 1.68. The molecule has 1 aromatic heterocycles. The summed E-state index contributed by atoms with van der Waals surface area (Å²) in [7, 11) is 1.83. The molecule has 2 N–H and O–H groups in total. The van der Waals surface area contributed by atoms with Crippen molar-refractivity contribution in [2.24, 2.45) is 12.8 Å². The molecule has 0 saturated carbocycles. The molecule has 0 aliphatic heterocycles. The Bertz CT molecular complexity index is 563. The Labute approximate surface area is 111 Å². The van der Waals surface area contributed by atoms with Crippen LogP contribution in [-0.2, 0) is 7.05 Å². The minimum absolute atomic E-state index is 0.0458. The van der Waals surface area contributed by atoms with Gasteiger partial charge in [0.25, 0.3) is 0 Å². The Kier molecular flexibility index (Phi) is 3.59. The molecule has 2 rings (SSSR count). The van der Waals surface area contributed by atoms with Crippen LogP contribution in [0.5, 0.6) is 11.6 Å². The molecule has 2 aromatic rings. The van der Waals surface area contributed by atoms with Crippen molar-refractivity contribution in [3.63, 3.8) is 0 Å². The van der Waals surface area contributed by atoms with Crippen molar-refractivity contribution < 1.29 is 4.74 Å². The SMILES string of the molecule is Cc1cc(Oc2ccc([C@@H](C)N)cc2Cl)n(C)n1. The largest absolute Gasteiger partial charge is 0.438 e. The van der Waals surface area contributed by atoms with Gasteiger partial charge in [-0.25, -0.2) is 4.68 Å². The molecule has 0 unspecified atom stereocenters. The van der Waals surface area contributed by atoms with Gasteiger partial charge >= 0.3 is 0 Å². The lowest BCUT2D eigenvalue weighted by Crippen LogP contribution is -2.04. The minimum Gasteiger partial charge on any atom is -0.438 e. The predicted molar refractivity (Wildman–Crippen MR) is 72.1 cm³/mol. The van der Waals surface area contributed by atoms with Crippen molar-refractivity contribution in [3.8, 4) is 11.6 Å². The van der Waals surface area contributed by atoms with Crippen LogP contribution in [-0.4, -0.2) is 9.78 Å². The topological polar surface area (TPSA) is 53.1 Å². The van der Waals surface area contributed by atoms with E-state index >= 15 is 0 Å². The number of nitrogens with zero attached hydrogens (tertiary/aromatic N) is 2. The van der Waals surface area contributed by atoms with E-state index in [1.54, 1.807) is 4.68 Å². The fraction of sp³-hybridized carbons (Fsp3) is 0.308. The zero-order valence-electron chi connectivity index (χ0n) is 10.6. The van der Waals surface area contributed by atoms with Crippen LogP contribution in [0.1, 0.15) is 24.2 Å². The lowest BCUT2D eigenvalue weighted by Gasteiger charge is -2.10. The number of benzene rings is 1. The average molecular weight is 266 g/mol. The molecule has 96 valence electrons. The lowest BCUT2D eigenvalue weighted by molar-refractivity contribution is 0.430. The molecule has 1 heterocycles. The number of halogens is 1. The number of rotatable bonds is 3. The van der Waals surface area contributed by atoms with Crippen molar-refractivity contribution in [1.82, 2.24) is 9.78 Å². The molecule has 5 heteroatoms. The van der Waals surface area contributed by atoms with Crippen LogP contribution in [0.2, 0.25) is 5.02 Å². The van der Waals surface area contributed by atoms with E-state index in [1.165, 1.54) is 0 Å². The Balaban J connectivity index is 2.27. The number of hydrogen-bond donors (Lipinski definition) is 1. The molecule has 0 spiro atoms. The van der Waals surface area contributed by atoms with Crippen LogP contribution >= 0.6 is 11.6 Å². The van der Waals surface area contributed by atoms with Crippen LogP contribution in [0.4, 0.5) is 0 Å². The van der Waals surface area contributed by atoms with E-state index in [1.807, 2.05) is 45.2 Å². The summed E-state index contributed by atoms with van der Waals surface area (Å²) in [5.74, 6) is 1.26. The summed E-state index contributed by atoms with van der Waals surface area (Å²) >= 11 is 6.17. The second-order valence-electron chi connectivity index (χ2n) is 4.33. The molecule has 0 radical (unpaired) electrons. The number of aromatic nitrogens is 2. The monoisotopic (exact) mass is 265 g/mol. The van der Waals surface area contributed by atoms with Crippen LogP contribution in [0.25, 0.3) is 0 Å². The smallest absolute Gasteiger partial charge is 0.217 e. The van der Waals surface area contributed by atoms with Crippen LogP contribution < -0.4 is 10.5 Å². The second kappa shape index (κ2) is 5.00. The van der Waals surface area contributed by atoms with Gasteiger partial charge in [0.2, 0.25) is 5.88 Å². The number of nitrogens with two attached hydrogens (primary N) is 1. The number of hydrogen-bond acceptors (Lipinski definition) is 3. The third kappa shape index (κ3) is 2.66. The molecule has 0 amide bonds. The second-order valence-corrected chi connectivity index (χ2v) is 4.74. The standard InChI is InChI=1S/C13H16ClN3O/c1-8-6-13(17(3)16-8)18-12-5-4-10(9(2)15)7-11(12)14/h4-7,9H,15H2,1-3H3/t9-/m1/s1. The van der Waals surface area contributed by atoms with Crippen molar-refractivity contribution in [2.75, 3.05) is 0 Å². The highest BCUT2D eigenvalue weighted by Gasteiger charge is 2.09. The summed E-state index contributed by atoms with van der Waals surface area (Å²) in [4.78, 5) is 0. The Morgan fingerprint density at radius 3 is 2.61 bits per heavy atom. The summed E-state index contributed by atoms with van der Waals surface area (Å²) < 4.78 is 7.39. The summed E-state index contributed by atoms with van der Waals surface area (Å²) in [6.07, 6.45) is 0. The lowest BCUT2D eigenvalue weighted by atomic mass is 10.1. The van der Waals surface area contributed by atoms with E-state index in [9.17, 15) is 0 Å². The first-order valence-corrected chi connectivity index (χ1v) is 6.08. The highest BCUT2D eigenvalue weighted by atomic mass is 35.5. The molecule has 0 fully saturated rings. The first-order valence-electron chi connectivity index (χ1n) is 5.71. The van der Waals surface area contributed by atoms with Gasteiger partial charge in [0.05, 0.1) is 10.7 Å². The molecule has 18 heavy (non-hydrogen) atoms. The number of ether oxygens (including phenoxy) is 1. The van der Waals surface area contributed by atoms with Gasteiger partial charge in [-0.15, -0.1) is 0 Å². The summed E-state index contributed by atoms with van der Waals surface area (Å²) in [5.41, 5.74) is 7.68. The molecular formula is C13H16ClN3O. The van der Waals surface area contributed by atoms with E-state index in [-0.39, 0.29) is 6.04 Å². The van der Waals surface area contributed by atoms with Crippen LogP contribution in [0, 0.1) is 6.92 Å². The maximum Gasteiger partial charge on any atom is 0.217 e. The van der Waals surface area contributed by atoms with Gasteiger partial charge in [-0.2, -0.15) is 5.10 Å². The third-order valence-corrected chi connectivity index (χ3v) is 2.95. The van der Waals surface area contributed by atoms with Crippen molar-refractivity contribution in [2.45, 2.75) is 19.9 Å². The average Bonchev–Trinajstić information content (AvgIpc) is 2.60. The van der Waals surface area contributed by atoms with E-state index < -0.39 is 0 Å².